The monoisotopic (exact) mass is 761 g/mol. The van der Waals surface area contributed by atoms with E-state index in [0.717, 1.165) is 61.6 Å². The maximum atomic E-state index is 6.74. The van der Waals surface area contributed by atoms with Gasteiger partial charge in [-0.2, -0.15) is 0 Å². The molecule has 11 rings (SSSR count). The summed E-state index contributed by atoms with van der Waals surface area (Å²) in [6.07, 6.45) is 0. The number of benzene rings is 9. The molecule has 0 aliphatic carbocycles. The molecule has 2 aromatic heterocycles. The quantitative estimate of drug-likeness (QED) is 0.154. The lowest BCUT2D eigenvalue weighted by Crippen LogP contribution is -2.12. The number of fused-ring (bicyclic) bond motifs is 5. The van der Waals surface area contributed by atoms with Crippen molar-refractivity contribution in [2.75, 3.05) is 9.80 Å². The van der Waals surface area contributed by atoms with Crippen LogP contribution >= 0.6 is 11.3 Å². The van der Waals surface area contributed by atoms with Gasteiger partial charge >= 0.3 is 0 Å². The lowest BCUT2D eigenvalue weighted by atomic mass is 10.0. The van der Waals surface area contributed by atoms with Crippen molar-refractivity contribution >= 4 is 87.5 Å². The number of thiophene rings is 1. The van der Waals surface area contributed by atoms with Gasteiger partial charge in [-0.3, -0.25) is 0 Å². The molecular formula is C53H35N3OS. The molecule has 5 heteroatoms. The van der Waals surface area contributed by atoms with Crippen molar-refractivity contribution in [3.63, 3.8) is 0 Å². The minimum absolute atomic E-state index is 0.588. The highest BCUT2D eigenvalue weighted by atomic mass is 32.1. The molecule has 0 bridgehead atoms. The molecule has 0 saturated heterocycles. The van der Waals surface area contributed by atoms with E-state index in [1.165, 1.54) is 31.3 Å². The number of nitrogens with zero attached hydrogens (tertiary/aromatic N) is 3. The van der Waals surface area contributed by atoms with Crippen molar-refractivity contribution in [1.82, 2.24) is 4.98 Å². The minimum atomic E-state index is 0.588. The molecule has 9 aromatic carbocycles. The summed E-state index contributed by atoms with van der Waals surface area (Å²) in [5, 5.41) is 4.61. The predicted octanol–water partition coefficient (Wildman–Crippen LogP) is 15.6. The Kier molecular flexibility index (Phi) is 8.30. The first-order valence-electron chi connectivity index (χ1n) is 19.5. The summed E-state index contributed by atoms with van der Waals surface area (Å²) in [4.78, 5) is 10.0. The van der Waals surface area contributed by atoms with Crippen LogP contribution in [-0.2, 0) is 0 Å². The molecule has 58 heavy (non-hydrogen) atoms. The van der Waals surface area contributed by atoms with Crippen LogP contribution in [0.1, 0.15) is 0 Å². The molecule has 0 aliphatic rings. The first-order valence-corrected chi connectivity index (χ1v) is 20.3. The van der Waals surface area contributed by atoms with Gasteiger partial charge in [-0.15, -0.1) is 11.3 Å². The number of rotatable bonds is 8. The molecule has 0 N–H and O–H groups in total. The van der Waals surface area contributed by atoms with Gasteiger partial charge in [0.1, 0.15) is 5.52 Å². The van der Waals surface area contributed by atoms with Crippen molar-refractivity contribution in [1.29, 1.82) is 0 Å². The van der Waals surface area contributed by atoms with Crippen LogP contribution in [0, 0.1) is 0 Å². The predicted molar refractivity (Wildman–Crippen MR) is 245 cm³/mol. The molecule has 0 fully saturated rings. The molecular weight excluding hydrogens is 727 g/mol. The second-order valence-corrected chi connectivity index (χ2v) is 15.4. The summed E-state index contributed by atoms with van der Waals surface area (Å²) in [5.74, 6) is 0.588. The molecule has 11 aromatic rings. The maximum Gasteiger partial charge on any atom is 0.227 e. The first kappa shape index (κ1) is 33.8. The van der Waals surface area contributed by atoms with Crippen molar-refractivity contribution in [3.8, 4) is 22.6 Å². The first-order chi connectivity index (χ1) is 28.8. The highest BCUT2D eigenvalue weighted by Gasteiger charge is 2.26. The normalized spacial score (nSPS) is 11.4. The summed E-state index contributed by atoms with van der Waals surface area (Å²) in [6.45, 7) is 0. The van der Waals surface area contributed by atoms with E-state index in [-0.39, 0.29) is 0 Å². The standard InChI is InChI=1S/C53H35N3OS/c1-5-16-36(17-6-1)37-28-30-42(31-29-37)55(40-20-9-3-10-21-40)43-32-33-44-39(34-43)35-48-50(54-53(57-48)38-18-7-2-8-19-38)51(44)56(41-22-11-4-12-23-41)47-26-15-25-46-45-24-13-14-27-49(45)58-52(46)47/h1-35H. The van der Waals surface area contributed by atoms with Crippen LogP contribution in [0.15, 0.2) is 217 Å². The molecule has 0 saturated carbocycles. The fourth-order valence-corrected chi connectivity index (χ4v) is 9.36. The van der Waals surface area contributed by atoms with Crippen LogP contribution in [0.5, 0.6) is 0 Å². The number of anilines is 6. The van der Waals surface area contributed by atoms with Crippen LogP contribution in [-0.4, -0.2) is 4.98 Å². The Morgan fingerprint density at radius 3 is 1.71 bits per heavy atom. The van der Waals surface area contributed by atoms with Gasteiger partial charge in [0.05, 0.1) is 16.1 Å². The topological polar surface area (TPSA) is 32.5 Å². The fraction of sp³-hybridized carbons (Fsp3) is 0. The Balaban J connectivity index is 1.16. The lowest BCUT2D eigenvalue weighted by molar-refractivity contribution is 0.620. The molecule has 0 amide bonds. The Morgan fingerprint density at radius 2 is 0.983 bits per heavy atom. The van der Waals surface area contributed by atoms with Crippen molar-refractivity contribution < 1.29 is 4.42 Å². The van der Waals surface area contributed by atoms with Crippen molar-refractivity contribution in [2.45, 2.75) is 0 Å². The molecule has 0 atom stereocenters. The van der Waals surface area contributed by atoms with Crippen molar-refractivity contribution in [2.24, 2.45) is 0 Å². The molecule has 4 nitrogen and oxygen atoms in total. The summed E-state index contributed by atoms with van der Waals surface area (Å²) in [5.41, 5.74) is 11.1. The van der Waals surface area contributed by atoms with Crippen LogP contribution < -0.4 is 9.80 Å². The van der Waals surface area contributed by atoms with E-state index in [2.05, 4.69) is 204 Å². The zero-order valence-corrected chi connectivity index (χ0v) is 32.2. The van der Waals surface area contributed by atoms with Gasteiger partial charge in [-0.05, 0) is 95.4 Å². The SMILES string of the molecule is c1ccc(-c2ccc(N(c3ccccc3)c3ccc4c(N(c5ccccc5)c5cccc6c5sc5ccccc56)c5nc(-c6ccccc6)oc5cc4c3)cc2)cc1. The van der Waals surface area contributed by atoms with Gasteiger partial charge < -0.3 is 14.2 Å². The summed E-state index contributed by atoms with van der Waals surface area (Å²) < 4.78 is 9.21. The Morgan fingerprint density at radius 1 is 0.414 bits per heavy atom. The number of hydrogen-bond donors (Lipinski definition) is 0. The third kappa shape index (κ3) is 5.88. The van der Waals surface area contributed by atoms with Gasteiger partial charge in [0.2, 0.25) is 5.89 Å². The van der Waals surface area contributed by atoms with E-state index < -0.39 is 0 Å². The highest BCUT2D eigenvalue weighted by molar-refractivity contribution is 7.26. The Labute approximate surface area is 340 Å². The maximum absolute atomic E-state index is 6.74. The minimum Gasteiger partial charge on any atom is -0.436 e. The number of para-hydroxylation sites is 2. The van der Waals surface area contributed by atoms with Gasteiger partial charge in [-0.1, -0.05) is 133 Å². The smallest absolute Gasteiger partial charge is 0.227 e. The van der Waals surface area contributed by atoms with E-state index >= 15 is 0 Å². The van der Waals surface area contributed by atoms with Crippen LogP contribution in [0.25, 0.3) is 64.6 Å². The van der Waals surface area contributed by atoms with Crippen LogP contribution in [0.3, 0.4) is 0 Å². The Bertz CT molecular complexity index is 3210. The third-order valence-electron chi connectivity index (χ3n) is 10.8. The average Bonchev–Trinajstić information content (AvgIpc) is 3.90. The summed E-state index contributed by atoms with van der Waals surface area (Å²) in [6, 6.07) is 75.0. The van der Waals surface area contributed by atoms with Gasteiger partial charge in [0, 0.05) is 49.2 Å². The summed E-state index contributed by atoms with van der Waals surface area (Å²) in [7, 11) is 0. The zero-order valence-electron chi connectivity index (χ0n) is 31.4. The van der Waals surface area contributed by atoms with E-state index in [1.54, 1.807) is 0 Å². The van der Waals surface area contributed by atoms with E-state index in [0.29, 0.717) is 5.89 Å². The molecule has 274 valence electrons. The molecule has 0 aliphatic heterocycles. The highest BCUT2D eigenvalue weighted by Crippen LogP contribution is 2.50. The number of hydrogen-bond acceptors (Lipinski definition) is 5. The van der Waals surface area contributed by atoms with Crippen LogP contribution in [0.2, 0.25) is 0 Å². The average molecular weight is 762 g/mol. The lowest BCUT2D eigenvalue weighted by Gasteiger charge is -2.29. The van der Waals surface area contributed by atoms with E-state index in [4.69, 9.17) is 9.40 Å². The largest absolute Gasteiger partial charge is 0.436 e. The van der Waals surface area contributed by atoms with Gasteiger partial charge in [0.15, 0.2) is 5.58 Å². The molecule has 2 heterocycles. The second-order valence-electron chi connectivity index (χ2n) is 14.4. The fourth-order valence-electron chi connectivity index (χ4n) is 8.15. The molecule has 0 spiro atoms. The number of oxazole rings is 1. The van der Waals surface area contributed by atoms with E-state index in [1.807, 2.05) is 29.5 Å². The van der Waals surface area contributed by atoms with Crippen molar-refractivity contribution in [3.05, 3.63) is 212 Å². The van der Waals surface area contributed by atoms with E-state index in [9.17, 15) is 0 Å². The zero-order chi connectivity index (χ0) is 38.4. The summed E-state index contributed by atoms with van der Waals surface area (Å²) >= 11 is 1.83. The van der Waals surface area contributed by atoms with Gasteiger partial charge in [0.25, 0.3) is 0 Å². The molecule has 0 unspecified atom stereocenters. The van der Waals surface area contributed by atoms with Crippen LogP contribution in [0.4, 0.5) is 34.1 Å². The third-order valence-corrected chi connectivity index (χ3v) is 12.1. The van der Waals surface area contributed by atoms with Gasteiger partial charge in [-0.25, -0.2) is 4.98 Å². The molecule has 0 radical (unpaired) electrons. The second kappa shape index (κ2) is 14.2. The Hall–Kier alpha value is -7.47. The number of aromatic nitrogens is 1.